The van der Waals surface area contributed by atoms with Crippen LogP contribution >= 0.6 is 11.6 Å². The minimum atomic E-state index is 0. The second-order valence-corrected chi connectivity index (χ2v) is 4.97. The van der Waals surface area contributed by atoms with E-state index < -0.39 is 0 Å². The standard InChI is InChI=1S/C12H18ClN3.Zn/c1-15(2)10-5-6-16(8-10)12-4-3-9(14)7-11(12)13;/h3-4,7,10H,5-6,8,14H2,1-2H3;. The summed E-state index contributed by atoms with van der Waals surface area (Å²) < 4.78 is 0. The number of rotatable bonds is 2. The molecule has 2 rings (SSSR count). The van der Waals surface area contributed by atoms with Crippen LogP contribution in [0, 0.1) is 0 Å². The molecule has 90 valence electrons. The van der Waals surface area contributed by atoms with E-state index in [1.807, 2.05) is 18.2 Å². The fraction of sp³-hybridized carbons (Fsp3) is 0.500. The minimum absolute atomic E-state index is 0. The SMILES string of the molecule is CN(C)C1CCN(c2ccc(N)cc2Cl)C1.[Zn]. The van der Waals surface area contributed by atoms with Gasteiger partial charge in [0.05, 0.1) is 10.7 Å². The summed E-state index contributed by atoms with van der Waals surface area (Å²) in [5, 5.41) is 0.749. The van der Waals surface area contributed by atoms with Crippen molar-refractivity contribution in [3.8, 4) is 0 Å². The first-order valence-corrected chi connectivity index (χ1v) is 5.92. The number of nitrogens with two attached hydrogens (primary N) is 1. The summed E-state index contributed by atoms with van der Waals surface area (Å²) in [5.41, 5.74) is 7.51. The maximum atomic E-state index is 6.20. The summed E-state index contributed by atoms with van der Waals surface area (Å²) in [7, 11) is 4.25. The monoisotopic (exact) mass is 303 g/mol. The molecule has 1 aliphatic heterocycles. The molecule has 1 aliphatic rings. The van der Waals surface area contributed by atoms with E-state index in [4.69, 9.17) is 17.3 Å². The van der Waals surface area contributed by atoms with Crippen molar-refractivity contribution in [2.45, 2.75) is 12.5 Å². The topological polar surface area (TPSA) is 32.5 Å². The first-order valence-electron chi connectivity index (χ1n) is 5.54. The van der Waals surface area contributed by atoms with E-state index >= 15 is 0 Å². The molecule has 0 saturated carbocycles. The van der Waals surface area contributed by atoms with Gasteiger partial charge in [-0.15, -0.1) is 0 Å². The van der Waals surface area contributed by atoms with E-state index in [1.165, 1.54) is 6.42 Å². The summed E-state index contributed by atoms with van der Waals surface area (Å²) in [6.45, 7) is 2.10. The maximum Gasteiger partial charge on any atom is 0.0660 e. The summed E-state index contributed by atoms with van der Waals surface area (Å²) in [6, 6.07) is 6.35. The Hall–Kier alpha value is -0.307. The van der Waals surface area contributed by atoms with Gasteiger partial charge >= 0.3 is 0 Å². The van der Waals surface area contributed by atoms with Gasteiger partial charge in [0, 0.05) is 44.3 Å². The second kappa shape index (κ2) is 6.04. The second-order valence-electron chi connectivity index (χ2n) is 4.56. The molecule has 17 heavy (non-hydrogen) atoms. The van der Waals surface area contributed by atoms with Crippen LogP contribution in [-0.2, 0) is 19.5 Å². The van der Waals surface area contributed by atoms with Gasteiger partial charge in [-0.1, -0.05) is 11.6 Å². The number of anilines is 2. The third kappa shape index (κ3) is 3.34. The Balaban J connectivity index is 0.00000144. The molecule has 1 fully saturated rings. The van der Waals surface area contributed by atoms with E-state index in [0.29, 0.717) is 6.04 Å². The largest absolute Gasteiger partial charge is 0.399 e. The van der Waals surface area contributed by atoms with Gasteiger partial charge in [-0.25, -0.2) is 0 Å². The first kappa shape index (κ1) is 14.8. The molecule has 2 N–H and O–H groups in total. The predicted octanol–water partition coefficient (Wildman–Crippen LogP) is 2.06. The van der Waals surface area contributed by atoms with Crippen LogP contribution in [0.2, 0.25) is 5.02 Å². The van der Waals surface area contributed by atoms with Gasteiger partial charge < -0.3 is 15.5 Å². The molecule has 0 bridgehead atoms. The molecule has 0 radical (unpaired) electrons. The summed E-state index contributed by atoms with van der Waals surface area (Å²) in [5.74, 6) is 0. The van der Waals surface area contributed by atoms with Crippen LogP contribution in [-0.4, -0.2) is 38.1 Å². The molecule has 0 amide bonds. The van der Waals surface area contributed by atoms with Crippen molar-refractivity contribution in [1.29, 1.82) is 0 Å². The Bertz CT molecular complexity index is 384. The number of hydrogen-bond donors (Lipinski definition) is 1. The number of likely N-dealkylation sites (N-methyl/N-ethyl adjacent to an activating group) is 1. The van der Waals surface area contributed by atoms with Gasteiger partial charge in [0.1, 0.15) is 0 Å². The summed E-state index contributed by atoms with van der Waals surface area (Å²) in [4.78, 5) is 4.59. The normalized spacial score (nSPS) is 19.5. The molecule has 0 aliphatic carbocycles. The van der Waals surface area contributed by atoms with E-state index in [0.717, 1.165) is 29.5 Å². The van der Waals surface area contributed by atoms with Gasteiger partial charge in [0.15, 0.2) is 0 Å². The van der Waals surface area contributed by atoms with Crippen molar-refractivity contribution in [2.75, 3.05) is 37.8 Å². The van der Waals surface area contributed by atoms with Crippen molar-refractivity contribution in [3.05, 3.63) is 23.2 Å². The molecule has 0 spiro atoms. The maximum absolute atomic E-state index is 6.20. The van der Waals surface area contributed by atoms with E-state index in [1.54, 1.807) is 0 Å². The molecule has 1 aromatic carbocycles. The Morgan fingerprint density at radius 1 is 1.41 bits per heavy atom. The fourth-order valence-corrected chi connectivity index (χ4v) is 2.47. The zero-order valence-corrected chi connectivity index (χ0v) is 14.2. The van der Waals surface area contributed by atoms with Crippen LogP contribution in [0.1, 0.15) is 6.42 Å². The van der Waals surface area contributed by atoms with Crippen LogP contribution in [0.15, 0.2) is 18.2 Å². The molecule has 1 unspecified atom stereocenters. The number of nitrogen functional groups attached to an aromatic ring is 1. The average molecular weight is 305 g/mol. The molecule has 1 heterocycles. The van der Waals surface area contributed by atoms with Gasteiger partial charge in [0.2, 0.25) is 0 Å². The molecule has 1 saturated heterocycles. The van der Waals surface area contributed by atoms with Gasteiger partial charge in [-0.05, 0) is 38.7 Å². The number of nitrogens with zero attached hydrogens (tertiary/aromatic N) is 2. The quantitative estimate of drug-likeness (QED) is 0.670. The van der Waals surface area contributed by atoms with Crippen LogP contribution in [0.25, 0.3) is 0 Å². The number of halogens is 1. The molecule has 0 aromatic heterocycles. The van der Waals surface area contributed by atoms with Gasteiger partial charge in [-0.2, -0.15) is 0 Å². The third-order valence-electron chi connectivity index (χ3n) is 3.21. The molecular weight excluding hydrogens is 287 g/mol. The summed E-state index contributed by atoms with van der Waals surface area (Å²) in [6.07, 6.45) is 1.19. The first-order chi connectivity index (χ1) is 7.58. The smallest absolute Gasteiger partial charge is 0.0660 e. The van der Waals surface area contributed by atoms with Crippen LogP contribution in [0.3, 0.4) is 0 Å². The fourth-order valence-electron chi connectivity index (χ4n) is 2.16. The predicted molar refractivity (Wildman–Crippen MR) is 70.2 cm³/mol. The summed E-state index contributed by atoms with van der Waals surface area (Å²) >= 11 is 6.20. The van der Waals surface area contributed by atoms with Crippen molar-refractivity contribution >= 4 is 23.0 Å². The van der Waals surface area contributed by atoms with Crippen LogP contribution in [0.5, 0.6) is 0 Å². The Morgan fingerprint density at radius 3 is 2.65 bits per heavy atom. The van der Waals surface area contributed by atoms with E-state index in [9.17, 15) is 0 Å². The number of hydrogen-bond acceptors (Lipinski definition) is 3. The van der Waals surface area contributed by atoms with Gasteiger partial charge in [-0.3, -0.25) is 0 Å². The molecule has 5 heteroatoms. The van der Waals surface area contributed by atoms with Gasteiger partial charge in [0.25, 0.3) is 0 Å². The zero-order chi connectivity index (χ0) is 11.7. The average Bonchev–Trinajstić information content (AvgIpc) is 2.66. The van der Waals surface area contributed by atoms with Crippen LogP contribution < -0.4 is 10.6 Å². The Labute approximate surface area is 121 Å². The Kier molecular flexibility index (Phi) is 5.24. The van der Waals surface area contributed by atoms with Crippen molar-refractivity contribution in [2.24, 2.45) is 0 Å². The van der Waals surface area contributed by atoms with Crippen molar-refractivity contribution in [1.82, 2.24) is 4.90 Å². The van der Waals surface area contributed by atoms with Crippen molar-refractivity contribution < 1.29 is 19.5 Å². The molecule has 1 atom stereocenters. The molecular formula is C12H18ClN3Zn. The van der Waals surface area contributed by atoms with E-state index in [2.05, 4.69) is 23.9 Å². The van der Waals surface area contributed by atoms with Crippen LogP contribution in [0.4, 0.5) is 11.4 Å². The van der Waals surface area contributed by atoms with E-state index in [-0.39, 0.29) is 19.5 Å². The molecule has 3 nitrogen and oxygen atoms in total. The minimum Gasteiger partial charge on any atom is -0.399 e. The third-order valence-corrected chi connectivity index (χ3v) is 3.51. The number of benzene rings is 1. The van der Waals surface area contributed by atoms with Crippen molar-refractivity contribution in [3.63, 3.8) is 0 Å². The molecule has 1 aromatic rings. The zero-order valence-electron chi connectivity index (χ0n) is 10.5. The Morgan fingerprint density at radius 2 is 2.12 bits per heavy atom.